The molecule has 190 valence electrons. The number of hydrogen-bond acceptors (Lipinski definition) is 5. The molecule has 0 aliphatic carbocycles. The van der Waals surface area contributed by atoms with Gasteiger partial charge in [0.2, 0.25) is 10.0 Å². The summed E-state index contributed by atoms with van der Waals surface area (Å²) in [6, 6.07) is 15.1. The molecule has 0 bridgehead atoms. The summed E-state index contributed by atoms with van der Waals surface area (Å²) in [7, 11) is -3.57. The van der Waals surface area contributed by atoms with Crippen LogP contribution in [-0.4, -0.2) is 87.6 Å². The summed E-state index contributed by atoms with van der Waals surface area (Å²) < 4.78 is 34.2. The van der Waals surface area contributed by atoms with Crippen LogP contribution in [0.25, 0.3) is 0 Å². The lowest BCUT2D eigenvalue weighted by Crippen LogP contribution is -2.62. The van der Waals surface area contributed by atoms with Gasteiger partial charge in [0.1, 0.15) is 0 Å². The molecular formula is C26H33Cl2N3O3S. The molecule has 0 amide bonds. The van der Waals surface area contributed by atoms with Gasteiger partial charge < -0.3 is 9.64 Å². The van der Waals surface area contributed by atoms with Crippen molar-refractivity contribution in [1.29, 1.82) is 0 Å². The van der Waals surface area contributed by atoms with E-state index in [1.54, 1.807) is 28.6 Å². The molecular weight excluding hydrogens is 505 g/mol. The molecule has 6 nitrogen and oxygen atoms in total. The van der Waals surface area contributed by atoms with E-state index in [4.69, 9.17) is 27.9 Å². The zero-order valence-corrected chi connectivity index (χ0v) is 22.2. The molecule has 3 saturated heterocycles. The van der Waals surface area contributed by atoms with Crippen molar-refractivity contribution in [3.8, 4) is 0 Å². The maximum absolute atomic E-state index is 13.5. The predicted octanol–water partition coefficient (Wildman–Crippen LogP) is 4.12. The average Bonchev–Trinajstić information content (AvgIpc) is 2.86. The molecule has 2 aromatic carbocycles. The first kappa shape index (κ1) is 25.5. The van der Waals surface area contributed by atoms with Crippen molar-refractivity contribution in [3.05, 3.63) is 64.1 Å². The zero-order valence-electron chi connectivity index (χ0n) is 19.9. The predicted molar refractivity (Wildman–Crippen MR) is 140 cm³/mol. The third-order valence-corrected chi connectivity index (χ3v) is 10.5. The van der Waals surface area contributed by atoms with Crippen molar-refractivity contribution >= 4 is 33.2 Å². The third kappa shape index (κ3) is 5.42. The molecule has 0 N–H and O–H groups in total. The number of halogens is 2. The maximum atomic E-state index is 13.5. The topological polar surface area (TPSA) is 53.1 Å². The fourth-order valence-corrected chi connectivity index (χ4v) is 7.60. The van der Waals surface area contributed by atoms with E-state index in [1.165, 1.54) is 0 Å². The van der Waals surface area contributed by atoms with Crippen LogP contribution in [0, 0.1) is 0 Å². The Bertz CT molecular complexity index is 1120. The van der Waals surface area contributed by atoms with Crippen LogP contribution in [-0.2, 0) is 20.2 Å². The van der Waals surface area contributed by atoms with E-state index in [-0.39, 0.29) is 5.41 Å². The van der Waals surface area contributed by atoms with Crippen molar-refractivity contribution in [1.82, 2.24) is 14.1 Å². The number of morpholine rings is 1. The highest BCUT2D eigenvalue weighted by Crippen LogP contribution is 2.41. The van der Waals surface area contributed by atoms with Gasteiger partial charge in [0.15, 0.2) is 0 Å². The fraction of sp³-hybridized carbons (Fsp3) is 0.538. The van der Waals surface area contributed by atoms with Gasteiger partial charge in [-0.3, -0.25) is 4.90 Å². The van der Waals surface area contributed by atoms with E-state index < -0.39 is 10.0 Å². The van der Waals surface area contributed by atoms with E-state index in [2.05, 4.69) is 9.80 Å². The summed E-state index contributed by atoms with van der Waals surface area (Å²) >= 11 is 12.7. The van der Waals surface area contributed by atoms with E-state index >= 15 is 0 Å². The summed E-state index contributed by atoms with van der Waals surface area (Å²) in [5.74, 6) is 0. The lowest BCUT2D eigenvalue weighted by Gasteiger charge is -2.49. The Hall–Kier alpha value is -1.19. The van der Waals surface area contributed by atoms with Gasteiger partial charge in [-0.2, -0.15) is 4.31 Å². The molecule has 35 heavy (non-hydrogen) atoms. The van der Waals surface area contributed by atoms with Gasteiger partial charge in [-0.1, -0.05) is 47.5 Å². The summed E-state index contributed by atoms with van der Waals surface area (Å²) in [4.78, 5) is 5.37. The van der Waals surface area contributed by atoms with Crippen LogP contribution in [0.3, 0.4) is 0 Å². The Morgan fingerprint density at radius 2 is 1.71 bits per heavy atom. The maximum Gasteiger partial charge on any atom is 0.243 e. The molecule has 1 atom stereocenters. The molecule has 3 fully saturated rings. The van der Waals surface area contributed by atoms with Crippen LogP contribution in [0.1, 0.15) is 24.8 Å². The Morgan fingerprint density at radius 3 is 2.43 bits per heavy atom. The summed E-state index contributed by atoms with van der Waals surface area (Å²) in [6.07, 6.45) is 2.61. The van der Waals surface area contributed by atoms with Crippen LogP contribution in [0.2, 0.25) is 10.0 Å². The normalized spacial score (nSPS) is 25.4. The monoisotopic (exact) mass is 537 g/mol. The molecule has 2 aromatic rings. The Kier molecular flexibility index (Phi) is 7.75. The highest BCUT2D eigenvalue weighted by Gasteiger charge is 2.42. The van der Waals surface area contributed by atoms with E-state index in [0.717, 1.165) is 70.8 Å². The first-order chi connectivity index (χ1) is 16.9. The summed E-state index contributed by atoms with van der Waals surface area (Å²) in [5.41, 5.74) is 0.767. The molecule has 3 aliphatic heterocycles. The number of rotatable bonds is 7. The Morgan fingerprint density at radius 1 is 0.971 bits per heavy atom. The standard InChI is InChI=1S/C26H33Cl2N3O3S/c27-24-8-7-21(17-25(24)28)26(10-12-29-18-22(19-29)30-13-15-34-16-14-30)9-4-11-31(20-26)35(32,33)23-5-2-1-3-6-23/h1-3,5-8,17,22H,4,9-16,18-20H2. The number of likely N-dealkylation sites (tertiary alicyclic amines) is 1. The van der Waals surface area contributed by atoms with Gasteiger partial charge in [0, 0.05) is 50.7 Å². The molecule has 3 heterocycles. The number of sulfonamides is 1. The van der Waals surface area contributed by atoms with E-state index in [0.29, 0.717) is 34.1 Å². The molecule has 0 saturated carbocycles. The van der Waals surface area contributed by atoms with Crippen LogP contribution in [0.15, 0.2) is 53.4 Å². The van der Waals surface area contributed by atoms with Gasteiger partial charge in [0.25, 0.3) is 0 Å². The number of hydrogen-bond donors (Lipinski definition) is 0. The van der Waals surface area contributed by atoms with Crippen LogP contribution < -0.4 is 0 Å². The highest BCUT2D eigenvalue weighted by molar-refractivity contribution is 7.89. The van der Waals surface area contributed by atoms with Crippen LogP contribution in [0.4, 0.5) is 0 Å². The van der Waals surface area contributed by atoms with Crippen LogP contribution in [0.5, 0.6) is 0 Å². The van der Waals surface area contributed by atoms with Gasteiger partial charge in [-0.25, -0.2) is 8.42 Å². The minimum Gasteiger partial charge on any atom is -0.379 e. The SMILES string of the molecule is O=S(=O)(c1ccccc1)N1CCCC(CCN2CC(N3CCOCC3)C2)(c2ccc(Cl)c(Cl)c2)C1. The van der Waals surface area contributed by atoms with Gasteiger partial charge in [0.05, 0.1) is 28.2 Å². The van der Waals surface area contributed by atoms with Crippen molar-refractivity contribution < 1.29 is 13.2 Å². The molecule has 0 aromatic heterocycles. The third-order valence-electron chi connectivity index (χ3n) is 7.86. The number of piperidine rings is 1. The second-order valence-corrected chi connectivity index (χ2v) is 12.7. The van der Waals surface area contributed by atoms with Crippen molar-refractivity contribution in [2.45, 2.75) is 35.6 Å². The zero-order chi connectivity index (χ0) is 24.5. The molecule has 3 aliphatic rings. The van der Waals surface area contributed by atoms with Gasteiger partial charge >= 0.3 is 0 Å². The van der Waals surface area contributed by atoms with E-state index in [9.17, 15) is 8.42 Å². The van der Waals surface area contributed by atoms with Crippen molar-refractivity contribution in [3.63, 3.8) is 0 Å². The van der Waals surface area contributed by atoms with Crippen molar-refractivity contribution in [2.75, 3.05) is 59.0 Å². The van der Waals surface area contributed by atoms with Gasteiger partial charge in [-0.15, -0.1) is 0 Å². The molecule has 1 unspecified atom stereocenters. The second-order valence-electron chi connectivity index (χ2n) is 9.98. The van der Waals surface area contributed by atoms with Crippen molar-refractivity contribution in [2.24, 2.45) is 0 Å². The number of benzene rings is 2. The largest absolute Gasteiger partial charge is 0.379 e. The molecule has 0 radical (unpaired) electrons. The minimum atomic E-state index is -3.57. The first-order valence-corrected chi connectivity index (χ1v) is 14.6. The lowest BCUT2D eigenvalue weighted by atomic mass is 9.72. The average molecular weight is 539 g/mol. The second kappa shape index (κ2) is 10.7. The molecule has 0 spiro atoms. The summed E-state index contributed by atoms with van der Waals surface area (Å²) in [6.45, 7) is 7.70. The first-order valence-electron chi connectivity index (χ1n) is 12.4. The number of ether oxygens (including phenoxy) is 1. The van der Waals surface area contributed by atoms with Crippen LogP contribution >= 0.6 is 23.2 Å². The molecule has 5 rings (SSSR count). The fourth-order valence-electron chi connectivity index (χ4n) is 5.72. The van der Waals surface area contributed by atoms with Gasteiger partial charge in [-0.05, 0) is 55.6 Å². The van der Waals surface area contributed by atoms with E-state index in [1.807, 2.05) is 24.3 Å². The molecule has 9 heteroatoms. The minimum absolute atomic E-state index is 0.307. The Balaban J connectivity index is 1.34. The highest BCUT2D eigenvalue weighted by atomic mass is 35.5. The quantitative estimate of drug-likeness (QED) is 0.531. The smallest absolute Gasteiger partial charge is 0.243 e. The Labute approximate surface area is 218 Å². The summed E-state index contributed by atoms with van der Waals surface area (Å²) in [5, 5.41) is 1.04. The number of nitrogens with zero attached hydrogens (tertiary/aromatic N) is 3. The lowest BCUT2D eigenvalue weighted by molar-refractivity contribution is -0.0342.